The summed E-state index contributed by atoms with van der Waals surface area (Å²) in [5.41, 5.74) is 3.12. The molecule has 0 radical (unpaired) electrons. The zero-order valence-corrected chi connectivity index (χ0v) is 13.7. The first-order valence-corrected chi connectivity index (χ1v) is 9.20. The molecule has 1 unspecified atom stereocenters. The number of aromatic nitrogens is 3. The van der Waals surface area contributed by atoms with Gasteiger partial charge in [-0.15, -0.1) is 11.3 Å². The molecule has 0 spiro atoms. The van der Waals surface area contributed by atoms with E-state index in [1.165, 1.54) is 16.9 Å². The SMILES string of the molecule is Cc1cccc(CS(=O)Cc2csc(-c3ncccn3)n2)c1. The van der Waals surface area contributed by atoms with Crippen molar-refractivity contribution >= 4 is 22.1 Å². The van der Waals surface area contributed by atoms with Crippen molar-refractivity contribution in [3.05, 3.63) is 64.9 Å². The number of nitrogens with zero attached hydrogens (tertiary/aromatic N) is 3. The molecule has 3 rings (SSSR count). The van der Waals surface area contributed by atoms with Gasteiger partial charge in [0.15, 0.2) is 10.8 Å². The Morgan fingerprint density at radius 3 is 2.73 bits per heavy atom. The number of hydrogen-bond acceptors (Lipinski definition) is 5. The van der Waals surface area contributed by atoms with E-state index in [4.69, 9.17) is 0 Å². The van der Waals surface area contributed by atoms with E-state index < -0.39 is 10.8 Å². The average molecular weight is 329 g/mol. The van der Waals surface area contributed by atoms with Crippen molar-refractivity contribution in [3.8, 4) is 10.8 Å². The lowest BCUT2D eigenvalue weighted by Gasteiger charge is -2.02. The molecule has 0 N–H and O–H groups in total. The third-order valence-corrected chi connectivity index (χ3v) is 5.19. The van der Waals surface area contributed by atoms with Crippen LogP contribution < -0.4 is 0 Å². The van der Waals surface area contributed by atoms with E-state index in [2.05, 4.69) is 21.0 Å². The van der Waals surface area contributed by atoms with E-state index in [0.29, 0.717) is 17.3 Å². The highest BCUT2D eigenvalue weighted by molar-refractivity contribution is 7.83. The summed E-state index contributed by atoms with van der Waals surface area (Å²) < 4.78 is 12.3. The molecule has 0 fully saturated rings. The number of thiazole rings is 1. The molecule has 0 aliphatic rings. The minimum atomic E-state index is -0.970. The summed E-state index contributed by atoms with van der Waals surface area (Å²) >= 11 is 1.48. The highest BCUT2D eigenvalue weighted by Gasteiger charge is 2.10. The number of hydrogen-bond donors (Lipinski definition) is 0. The first kappa shape index (κ1) is 15.0. The molecule has 2 heterocycles. The van der Waals surface area contributed by atoms with E-state index in [-0.39, 0.29) is 0 Å². The maximum atomic E-state index is 12.3. The Balaban J connectivity index is 1.66. The van der Waals surface area contributed by atoms with E-state index in [9.17, 15) is 4.21 Å². The Morgan fingerprint density at radius 1 is 1.14 bits per heavy atom. The fraction of sp³-hybridized carbons (Fsp3) is 0.188. The van der Waals surface area contributed by atoms with Crippen LogP contribution in [0, 0.1) is 6.92 Å². The first-order valence-electron chi connectivity index (χ1n) is 6.83. The highest BCUT2D eigenvalue weighted by atomic mass is 32.2. The molecule has 0 saturated heterocycles. The van der Waals surface area contributed by atoms with Crippen LogP contribution in [0.25, 0.3) is 10.8 Å². The average Bonchev–Trinajstić information content (AvgIpc) is 2.96. The molecule has 0 bridgehead atoms. The van der Waals surface area contributed by atoms with Gasteiger partial charge in [-0.3, -0.25) is 4.21 Å². The van der Waals surface area contributed by atoms with Crippen molar-refractivity contribution in [2.24, 2.45) is 0 Å². The van der Waals surface area contributed by atoms with Crippen LogP contribution in [0.5, 0.6) is 0 Å². The van der Waals surface area contributed by atoms with Gasteiger partial charge in [0.1, 0.15) is 0 Å². The molecule has 0 aliphatic heterocycles. The third kappa shape index (κ3) is 3.84. The monoisotopic (exact) mass is 329 g/mol. The van der Waals surface area contributed by atoms with Gasteiger partial charge in [0, 0.05) is 34.3 Å². The van der Waals surface area contributed by atoms with Crippen LogP contribution in [0.4, 0.5) is 0 Å². The number of aryl methyl sites for hydroxylation is 1. The van der Waals surface area contributed by atoms with Crippen molar-refractivity contribution in [2.45, 2.75) is 18.4 Å². The molecule has 1 atom stereocenters. The topological polar surface area (TPSA) is 55.7 Å². The molecule has 2 aromatic heterocycles. The largest absolute Gasteiger partial charge is 0.259 e. The molecule has 0 amide bonds. The van der Waals surface area contributed by atoms with E-state index >= 15 is 0 Å². The predicted molar refractivity (Wildman–Crippen MR) is 89.9 cm³/mol. The van der Waals surface area contributed by atoms with Crippen molar-refractivity contribution < 1.29 is 4.21 Å². The molecule has 4 nitrogen and oxygen atoms in total. The molecule has 112 valence electrons. The Kier molecular flexibility index (Phi) is 4.70. The third-order valence-electron chi connectivity index (χ3n) is 3.03. The van der Waals surface area contributed by atoms with E-state index in [1.54, 1.807) is 18.5 Å². The van der Waals surface area contributed by atoms with E-state index in [1.807, 2.05) is 30.5 Å². The van der Waals surface area contributed by atoms with Crippen LogP contribution in [0.3, 0.4) is 0 Å². The summed E-state index contributed by atoms with van der Waals surface area (Å²) in [5, 5.41) is 2.70. The maximum Gasteiger partial charge on any atom is 0.188 e. The molecule has 22 heavy (non-hydrogen) atoms. The zero-order chi connectivity index (χ0) is 15.4. The minimum Gasteiger partial charge on any atom is -0.259 e. The molecular formula is C16H15N3OS2. The summed E-state index contributed by atoms with van der Waals surface area (Å²) in [6, 6.07) is 9.89. The normalized spacial score (nSPS) is 12.2. The fourth-order valence-corrected chi connectivity index (χ4v) is 4.09. The molecule has 0 aliphatic carbocycles. The van der Waals surface area contributed by atoms with Crippen LogP contribution >= 0.6 is 11.3 Å². The highest BCUT2D eigenvalue weighted by Crippen LogP contribution is 2.20. The first-order chi connectivity index (χ1) is 10.7. The van der Waals surface area contributed by atoms with Gasteiger partial charge < -0.3 is 0 Å². The van der Waals surface area contributed by atoms with Crippen molar-refractivity contribution in [2.75, 3.05) is 0 Å². The minimum absolute atomic E-state index is 0.456. The lowest BCUT2D eigenvalue weighted by atomic mass is 10.2. The molecular weight excluding hydrogens is 314 g/mol. The zero-order valence-electron chi connectivity index (χ0n) is 12.1. The molecule has 6 heteroatoms. The van der Waals surface area contributed by atoms with Crippen LogP contribution in [0.2, 0.25) is 0 Å². The van der Waals surface area contributed by atoms with Gasteiger partial charge in [-0.05, 0) is 18.6 Å². The summed E-state index contributed by atoms with van der Waals surface area (Å²) in [4.78, 5) is 12.8. The summed E-state index contributed by atoms with van der Waals surface area (Å²) in [5.74, 6) is 1.62. The Morgan fingerprint density at radius 2 is 1.95 bits per heavy atom. The molecule has 1 aromatic carbocycles. The van der Waals surface area contributed by atoms with Crippen molar-refractivity contribution in [1.29, 1.82) is 0 Å². The van der Waals surface area contributed by atoms with Gasteiger partial charge >= 0.3 is 0 Å². The second-order valence-electron chi connectivity index (χ2n) is 4.93. The van der Waals surface area contributed by atoms with Crippen molar-refractivity contribution in [1.82, 2.24) is 15.0 Å². The van der Waals surface area contributed by atoms with Crippen molar-refractivity contribution in [3.63, 3.8) is 0 Å². The van der Waals surface area contributed by atoms with Gasteiger partial charge in [-0.1, -0.05) is 29.8 Å². The van der Waals surface area contributed by atoms with Gasteiger partial charge in [-0.2, -0.15) is 0 Å². The smallest absolute Gasteiger partial charge is 0.188 e. The van der Waals surface area contributed by atoms with Gasteiger partial charge in [0.05, 0.1) is 11.4 Å². The maximum absolute atomic E-state index is 12.3. The molecule has 3 aromatic rings. The fourth-order valence-electron chi connectivity index (χ4n) is 2.09. The Hall–Kier alpha value is -1.92. The summed E-state index contributed by atoms with van der Waals surface area (Å²) in [6.45, 7) is 2.04. The second kappa shape index (κ2) is 6.89. The Labute approximate surface area is 135 Å². The van der Waals surface area contributed by atoms with Crippen LogP contribution in [-0.2, 0) is 22.3 Å². The summed E-state index contributed by atoms with van der Waals surface area (Å²) in [7, 11) is -0.970. The molecule has 0 saturated carbocycles. The quantitative estimate of drug-likeness (QED) is 0.720. The predicted octanol–water partition coefficient (Wildman–Crippen LogP) is 3.36. The van der Waals surface area contributed by atoms with Gasteiger partial charge in [0.25, 0.3) is 0 Å². The Bertz CT molecular complexity index is 787. The van der Waals surface area contributed by atoms with Crippen LogP contribution in [0.15, 0.2) is 48.1 Å². The van der Waals surface area contributed by atoms with Crippen LogP contribution in [0.1, 0.15) is 16.8 Å². The van der Waals surface area contributed by atoms with Gasteiger partial charge in [-0.25, -0.2) is 15.0 Å². The standard InChI is InChI=1S/C16H15N3OS2/c1-12-4-2-5-13(8-12)10-22(20)11-14-9-21-16(19-14)15-17-6-3-7-18-15/h2-9H,10-11H2,1H3. The summed E-state index contributed by atoms with van der Waals surface area (Å²) in [6.07, 6.45) is 3.39. The second-order valence-corrected chi connectivity index (χ2v) is 7.25. The lowest BCUT2D eigenvalue weighted by Crippen LogP contribution is -2.00. The number of rotatable bonds is 5. The van der Waals surface area contributed by atoms with E-state index in [0.717, 1.165) is 16.3 Å². The number of benzene rings is 1. The van der Waals surface area contributed by atoms with Crippen LogP contribution in [-0.4, -0.2) is 19.2 Å². The lowest BCUT2D eigenvalue weighted by molar-refractivity contribution is 0.681. The van der Waals surface area contributed by atoms with Gasteiger partial charge in [0.2, 0.25) is 0 Å².